The number of methoxy groups -OCH3 is 1. The van der Waals surface area contributed by atoms with Gasteiger partial charge >= 0.3 is 0 Å². The molecule has 0 heterocycles. The van der Waals surface area contributed by atoms with Crippen LogP contribution < -0.4 is 5.73 Å². The van der Waals surface area contributed by atoms with Crippen LogP contribution in [0.4, 0.5) is 5.69 Å². The number of nitrogens with zero attached hydrogens (tertiary/aromatic N) is 1. The maximum atomic E-state index is 13.3. The second-order valence-corrected chi connectivity index (χ2v) is 7.07. The largest absolute Gasteiger partial charge is 0.398 e. The van der Waals surface area contributed by atoms with E-state index in [9.17, 15) is 4.79 Å². The number of nitrogen functional groups attached to an aromatic ring is 1. The molecular weight excluding hydrogens is 324 g/mol. The molecule has 26 heavy (non-hydrogen) atoms. The number of anilines is 1. The molecule has 2 aromatic carbocycles. The molecule has 0 atom stereocenters. The Labute approximate surface area is 157 Å². The molecule has 0 aliphatic carbocycles. The van der Waals surface area contributed by atoms with Gasteiger partial charge in [-0.05, 0) is 51.3 Å². The highest BCUT2D eigenvalue weighted by molar-refractivity contribution is 6.02. The van der Waals surface area contributed by atoms with Crippen LogP contribution in [0.15, 0.2) is 42.5 Å². The predicted molar refractivity (Wildman–Crippen MR) is 108 cm³/mol. The van der Waals surface area contributed by atoms with Gasteiger partial charge in [0.25, 0.3) is 5.91 Å². The summed E-state index contributed by atoms with van der Waals surface area (Å²) in [6.07, 6.45) is 0.746. The van der Waals surface area contributed by atoms with E-state index in [-0.39, 0.29) is 18.0 Å². The Bertz CT molecular complexity index is 746. The van der Waals surface area contributed by atoms with Gasteiger partial charge in [0.2, 0.25) is 0 Å². The smallest absolute Gasteiger partial charge is 0.254 e. The summed E-state index contributed by atoms with van der Waals surface area (Å²) in [6.45, 7) is 8.78. The maximum absolute atomic E-state index is 13.3. The van der Waals surface area contributed by atoms with Gasteiger partial charge in [0.05, 0.1) is 6.61 Å². The molecule has 0 aliphatic heterocycles. The van der Waals surface area contributed by atoms with Crippen molar-refractivity contribution in [1.82, 2.24) is 4.90 Å². The number of carbonyl (C=O) groups is 1. The summed E-state index contributed by atoms with van der Waals surface area (Å²) in [5.41, 5.74) is 10.7. The normalized spacial score (nSPS) is 11.2. The fraction of sp³-hybridized carbons (Fsp3) is 0.409. The quantitative estimate of drug-likeness (QED) is 0.751. The number of ether oxygens (including phenoxy) is 1. The van der Waals surface area contributed by atoms with Crippen molar-refractivity contribution in [2.24, 2.45) is 0 Å². The van der Waals surface area contributed by atoms with Crippen molar-refractivity contribution in [3.05, 3.63) is 53.6 Å². The lowest BCUT2D eigenvalue weighted by Gasteiger charge is -2.31. The minimum atomic E-state index is 0.0345. The number of benzene rings is 2. The second-order valence-electron chi connectivity index (χ2n) is 7.07. The van der Waals surface area contributed by atoms with Gasteiger partial charge in [0, 0.05) is 36.0 Å². The van der Waals surface area contributed by atoms with Crippen molar-refractivity contribution < 1.29 is 9.53 Å². The number of rotatable bonds is 7. The molecular formula is C22H30N2O2. The van der Waals surface area contributed by atoms with Crippen molar-refractivity contribution in [1.29, 1.82) is 0 Å². The summed E-state index contributed by atoms with van der Waals surface area (Å²) in [5, 5.41) is 0. The average molecular weight is 354 g/mol. The Balaban J connectivity index is 2.52. The zero-order chi connectivity index (χ0) is 19.3. The first-order valence-electron chi connectivity index (χ1n) is 9.16. The fourth-order valence-corrected chi connectivity index (χ4v) is 3.39. The molecule has 0 spiro atoms. The third-order valence-electron chi connectivity index (χ3n) is 4.57. The summed E-state index contributed by atoms with van der Waals surface area (Å²) in [6, 6.07) is 13.9. The molecule has 4 nitrogen and oxygen atoms in total. The molecule has 4 heteroatoms. The van der Waals surface area contributed by atoms with Crippen molar-refractivity contribution in [3.63, 3.8) is 0 Å². The first-order valence-corrected chi connectivity index (χ1v) is 9.16. The lowest BCUT2D eigenvalue weighted by Crippen LogP contribution is -2.42. The zero-order valence-corrected chi connectivity index (χ0v) is 16.5. The molecule has 0 bridgehead atoms. The SMILES string of the molecule is COCCc1cccc(-c2ccccc2C(=O)N(C(C)C)C(C)C)c1N. The Hall–Kier alpha value is -2.33. The molecule has 2 rings (SSSR count). The van der Waals surface area contributed by atoms with E-state index in [1.165, 1.54) is 0 Å². The van der Waals surface area contributed by atoms with Gasteiger partial charge in [-0.15, -0.1) is 0 Å². The third kappa shape index (κ3) is 4.25. The Morgan fingerprint density at radius 3 is 2.23 bits per heavy atom. The average Bonchev–Trinajstić information content (AvgIpc) is 2.60. The van der Waals surface area contributed by atoms with Crippen LogP contribution in [0.3, 0.4) is 0 Å². The van der Waals surface area contributed by atoms with Crippen LogP contribution in [0.5, 0.6) is 0 Å². The molecule has 0 radical (unpaired) electrons. The summed E-state index contributed by atoms with van der Waals surface area (Å²) in [5.74, 6) is 0.0345. The lowest BCUT2D eigenvalue weighted by atomic mass is 9.94. The van der Waals surface area contributed by atoms with Crippen molar-refractivity contribution in [3.8, 4) is 11.1 Å². The Morgan fingerprint density at radius 2 is 1.62 bits per heavy atom. The summed E-state index contributed by atoms with van der Waals surface area (Å²) in [7, 11) is 1.68. The molecule has 0 aromatic heterocycles. The first kappa shape index (κ1) is 20.0. The van der Waals surface area contributed by atoms with Crippen LogP contribution in [0.25, 0.3) is 11.1 Å². The maximum Gasteiger partial charge on any atom is 0.254 e. The van der Waals surface area contributed by atoms with E-state index in [2.05, 4.69) is 0 Å². The standard InChI is InChI=1S/C22H30N2O2/c1-15(2)24(16(3)4)22(25)20-11-7-6-10-18(20)19-12-8-9-17(21(19)23)13-14-26-5/h6-12,15-16H,13-14,23H2,1-5H3. The van der Waals surface area contributed by atoms with Gasteiger partial charge in [-0.2, -0.15) is 0 Å². The highest BCUT2D eigenvalue weighted by atomic mass is 16.5. The van der Waals surface area contributed by atoms with Crippen molar-refractivity contribution in [2.75, 3.05) is 19.5 Å². The highest BCUT2D eigenvalue weighted by Gasteiger charge is 2.24. The van der Waals surface area contributed by atoms with E-state index in [4.69, 9.17) is 10.5 Å². The number of nitrogens with two attached hydrogens (primary N) is 1. The topological polar surface area (TPSA) is 55.6 Å². The van der Waals surface area contributed by atoms with E-state index in [1.54, 1.807) is 7.11 Å². The summed E-state index contributed by atoms with van der Waals surface area (Å²) >= 11 is 0. The lowest BCUT2D eigenvalue weighted by molar-refractivity contribution is 0.0644. The van der Waals surface area contributed by atoms with Crippen molar-refractivity contribution >= 4 is 11.6 Å². The van der Waals surface area contributed by atoms with Crippen LogP contribution in [-0.2, 0) is 11.2 Å². The molecule has 0 aliphatic rings. The van der Waals surface area contributed by atoms with Crippen LogP contribution in [0.1, 0.15) is 43.6 Å². The minimum absolute atomic E-state index is 0.0345. The number of hydrogen-bond donors (Lipinski definition) is 1. The molecule has 0 unspecified atom stereocenters. The number of hydrogen-bond acceptors (Lipinski definition) is 3. The third-order valence-corrected chi connectivity index (χ3v) is 4.57. The molecule has 1 amide bonds. The van der Waals surface area contributed by atoms with E-state index >= 15 is 0 Å². The summed E-state index contributed by atoms with van der Waals surface area (Å²) < 4.78 is 5.18. The Kier molecular flexibility index (Phi) is 6.81. The predicted octanol–water partition coefficient (Wildman–Crippen LogP) is 4.38. The van der Waals surface area contributed by atoms with Gasteiger partial charge in [-0.1, -0.05) is 36.4 Å². The monoisotopic (exact) mass is 354 g/mol. The van der Waals surface area contributed by atoms with Crippen LogP contribution in [-0.4, -0.2) is 36.6 Å². The molecule has 0 saturated carbocycles. The van der Waals surface area contributed by atoms with E-state index in [0.717, 1.165) is 23.1 Å². The van der Waals surface area contributed by atoms with Gasteiger partial charge in [0.15, 0.2) is 0 Å². The fourth-order valence-electron chi connectivity index (χ4n) is 3.39. The van der Waals surface area contributed by atoms with Crippen molar-refractivity contribution in [2.45, 2.75) is 46.2 Å². The van der Waals surface area contributed by atoms with E-state index in [0.29, 0.717) is 17.9 Å². The first-order chi connectivity index (χ1) is 12.4. The second kappa shape index (κ2) is 8.86. The molecule has 2 N–H and O–H groups in total. The van der Waals surface area contributed by atoms with E-state index < -0.39 is 0 Å². The highest BCUT2D eigenvalue weighted by Crippen LogP contribution is 2.32. The Morgan fingerprint density at radius 1 is 1.00 bits per heavy atom. The zero-order valence-electron chi connectivity index (χ0n) is 16.5. The van der Waals surface area contributed by atoms with Crippen LogP contribution >= 0.6 is 0 Å². The molecule has 0 saturated heterocycles. The van der Waals surface area contributed by atoms with Gasteiger partial charge < -0.3 is 15.4 Å². The number of amides is 1. The number of carbonyl (C=O) groups excluding carboxylic acids is 1. The van der Waals surface area contributed by atoms with Gasteiger partial charge in [0.1, 0.15) is 0 Å². The minimum Gasteiger partial charge on any atom is -0.398 e. The molecule has 0 fully saturated rings. The number of para-hydroxylation sites is 1. The van der Waals surface area contributed by atoms with Gasteiger partial charge in [-0.3, -0.25) is 4.79 Å². The molecule has 2 aromatic rings. The van der Waals surface area contributed by atoms with Crippen LogP contribution in [0.2, 0.25) is 0 Å². The van der Waals surface area contributed by atoms with Crippen LogP contribution in [0, 0.1) is 0 Å². The molecule has 140 valence electrons. The summed E-state index contributed by atoms with van der Waals surface area (Å²) in [4.78, 5) is 15.2. The van der Waals surface area contributed by atoms with E-state index in [1.807, 2.05) is 75.1 Å². The van der Waals surface area contributed by atoms with Gasteiger partial charge in [-0.25, -0.2) is 0 Å².